The smallest absolute Gasteiger partial charge is 0.325 e. The zero-order valence-corrected chi connectivity index (χ0v) is 17.3. The molecule has 3 amide bonds. The molecule has 1 fully saturated rings. The van der Waals surface area contributed by atoms with Crippen LogP contribution in [-0.2, 0) is 21.7 Å². The van der Waals surface area contributed by atoms with Gasteiger partial charge in [0.2, 0.25) is 0 Å². The number of hydrogen-bond acceptors (Lipinski definition) is 5. The van der Waals surface area contributed by atoms with E-state index in [4.69, 9.17) is 9.47 Å². The second kappa shape index (κ2) is 9.73. The maximum absolute atomic E-state index is 13.2. The number of imide groups is 1. The molecule has 1 saturated heterocycles. The molecule has 2 atom stereocenters. The van der Waals surface area contributed by atoms with Crippen molar-refractivity contribution < 1.29 is 24.2 Å². The summed E-state index contributed by atoms with van der Waals surface area (Å²) in [5, 5.41) is 13.2. The number of urea groups is 1. The highest BCUT2D eigenvalue weighted by Crippen LogP contribution is 2.33. The van der Waals surface area contributed by atoms with E-state index in [1.54, 1.807) is 7.11 Å². The molecule has 1 aliphatic heterocycles. The van der Waals surface area contributed by atoms with Gasteiger partial charge in [-0.15, -0.1) is 0 Å². The van der Waals surface area contributed by atoms with Crippen molar-refractivity contribution in [1.82, 2.24) is 10.2 Å². The Labute approximate surface area is 176 Å². The van der Waals surface area contributed by atoms with E-state index in [2.05, 4.69) is 5.32 Å². The molecule has 0 aliphatic carbocycles. The van der Waals surface area contributed by atoms with Crippen LogP contribution in [0, 0.1) is 0 Å². The largest absolute Gasteiger partial charge is 0.497 e. The van der Waals surface area contributed by atoms with Crippen LogP contribution >= 0.6 is 0 Å². The van der Waals surface area contributed by atoms with Crippen LogP contribution in [0.15, 0.2) is 54.6 Å². The molecular formula is C23H28N2O5. The molecule has 1 heterocycles. The molecule has 2 aromatic carbocycles. The van der Waals surface area contributed by atoms with E-state index in [1.165, 1.54) is 0 Å². The summed E-state index contributed by atoms with van der Waals surface area (Å²) in [4.78, 5) is 26.9. The van der Waals surface area contributed by atoms with Gasteiger partial charge in [0.15, 0.2) is 0 Å². The monoisotopic (exact) mass is 412 g/mol. The fourth-order valence-electron chi connectivity index (χ4n) is 3.70. The van der Waals surface area contributed by atoms with E-state index < -0.39 is 17.7 Å². The second-order valence-electron chi connectivity index (χ2n) is 7.38. The summed E-state index contributed by atoms with van der Waals surface area (Å²) in [6.45, 7) is 2.17. The van der Waals surface area contributed by atoms with E-state index in [1.807, 2.05) is 61.5 Å². The molecule has 0 spiro atoms. The molecule has 0 bridgehead atoms. The Balaban J connectivity index is 1.60. The third-order valence-electron chi connectivity index (χ3n) is 5.20. The SMILES string of the molecule is CCC[C@]1(c2ccccc2)NC(=O)N(C[C@@H](O)COCc2ccc(OC)cc2)C1=O. The van der Waals surface area contributed by atoms with Crippen molar-refractivity contribution in [2.75, 3.05) is 20.3 Å². The van der Waals surface area contributed by atoms with Gasteiger partial charge >= 0.3 is 6.03 Å². The summed E-state index contributed by atoms with van der Waals surface area (Å²) in [5.41, 5.74) is 0.596. The van der Waals surface area contributed by atoms with Crippen LogP contribution in [0.3, 0.4) is 0 Å². The highest BCUT2D eigenvalue weighted by molar-refractivity contribution is 6.07. The minimum Gasteiger partial charge on any atom is -0.497 e. The molecule has 1 aliphatic rings. The van der Waals surface area contributed by atoms with E-state index in [0.717, 1.165) is 28.2 Å². The first-order valence-electron chi connectivity index (χ1n) is 10.1. The van der Waals surface area contributed by atoms with Crippen molar-refractivity contribution in [3.8, 4) is 5.75 Å². The fraction of sp³-hybridized carbons (Fsp3) is 0.391. The third kappa shape index (κ3) is 4.63. The first-order valence-corrected chi connectivity index (χ1v) is 10.1. The lowest BCUT2D eigenvalue weighted by atomic mass is 9.85. The van der Waals surface area contributed by atoms with Crippen molar-refractivity contribution >= 4 is 11.9 Å². The van der Waals surface area contributed by atoms with Gasteiger partial charge in [0.25, 0.3) is 5.91 Å². The maximum atomic E-state index is 13.2. The Kier molecular flexibility index (Phi) is 7.07. The zero-order valence-electron chi connectivity index (χ0n) is 17.3. The number of carbonyl (C=O) groups is 2. The average molecular weight is 412 g/mol. The van der Waals surface area contributed by atoms with Gasteiger partial charge in [0, 0.05) is 0 Å². The number of nitrogens with one attached hydrogen (secondary N) is 1. The molecule has 160 valence electrons. The topological polar surface area (TPSA) is 88.1 Å². The Hall–Kier alpha value is -2.90. The molecule has 3 rings (SSSR count). The first-order chi connectivity index (χ1) is 14.5. The molecule has 0 saturated carbocycles. The molecule has 7 heteroatoms. The standard InChI is InChI=1S/C23H28N2O5/c1-3-13-23(18-7-5-4-6-8-18)21(27)25(22(28)24-23)14-19(26)16-30-15-17-9-11-20(29-2)12-10-17/h4-12,19,26H,3,13-16H2,1-2H3,(H,24,28)/t19-,23-/m1/s1. The molecular weight excluding hydrogens is 384 g/mol. The third-order valence-corrected chi connectivity index (χ3v) is 5.20. The second-order valence-corrected chi connectivity index (χ2v) is 7.38. The average Bonchev–Trinajstić information content (AvgIpc) is 3.00. The Morgan fingerprint density at radius 2 is 1.80 bits per heavy atom. The maximum Gasteiger partial charge on any atom is 0.325 e. The highest BCUT2D eigenvalue weighted by Gasteiger charge is 2.51. The Bertz CT molecular complexity index is 856. The predicted molar refractivity (Wildman–Crippen MR) is 112 cm³/mol. The van der Waals surface area contributed by atoms with Gasteiger partial charge in [-0.2, -0.15) is 0 Å². The van der Waals surface area contributed by atoms with Crippen LogP contribution in [-0.4, -0.2) is 48.3 Å². The fourth-order valence-corrected chi connectivity index (χ4v) is 3.70. The van der Waals surface area contributed by atoms with E-state index >= 15 is 0 Å². The quantitative estimate of drug-likeness (QED) is 0.586. The van der Waals surface area contributed by atoms with Crippen molar-refractivity contribution in [3.05, 3.63) is 65.7 Å². The molecule has 0 aromatic heterocycles. The van der Waals surface area contributed by atoms with Crippen LogP contribution in [0.2, 0.25) is 0 Å². The van der Waals surface area contributed by atoms with Crippen molar-refractivity contribution in [1.29, 1.82) is 0 Å². The molecule has 0 unspecified atom stereocenters. The molecule has 2 N–H and O–H groups in total. The van der Waals surface area contributed by atoms with E-state index in [0.29, 0.717) is 13.0 Å². The van der Waals surface area contributed by atoms with Crippen molar-refractivity contribution in [3.63, 3.8) is 0 Å². The van der Waals surface area contributed by atoms with Gasteiger partial charge in [0.1, 0.15) is 11.3 Å². The number of methoxy groups -OCH3 is 1. The van der Waals surface area contributed by atoms with Gasteiger partial charge in [-0.3, -0.25) is 9.69 Å². The molecule has 30 heavy (non-hydrogen) atoms. The van der Waals surface area contributed by atoms with Crippen LogP contribution < -0.4 is 10.1 Å². The molecule has 2 aromatic rings. The van der Waals surface area contributed by atoms with Crippen LogP contribution in [0.5, 0.6) is 5.75 Å². The Morgan fingerprint density at radius 3 is 2.43 bits per heavy atom. The first kappa shape index (κ1) is 21.8. The number of aliphatic hydroxyl groups excluding tert-OH is 1. The van der Waals surface area contributed by atoms with Gasteiger partial charge in [-0.05, 0) is 29.7 Å². The van der Waals surface area contributed by atoms with E-state index in [9.17, 15) is 14.7 Å². The lowest BCUT2D eigenvalue weighted by Crippen LogP contribution is -2.44. The number of rotatable bonds is 10. The summed E-state index contributed by atoms with van der Waals surface area (Å²) in [6, 6.07) is 16.2. The number of hydrogen-bond donors (Lipinski definition) is 2. The number of aliphatic hydroxyl groups is 1. The predicted octanol–water partition coefficient (Wildman–Crippen LogP) is 2.82. The van der Waals surface area contributed by atoms with Crippen molar-refractivity contribution in [2.24, 2.45) is 0 Å². The summed E-state index contributed by atoms with van der Waals surface area (Å²) < 4.78 is 10.7. The normalized spacial score (nSPS) is 19.6. The van der Waals surface area contributed by atoms with Crippen LogP contribution in [0.1, 0.15) is 30.9 Å². The number of carbonyl (C=O) groups excluding carboxylic acids is 2. The highest BCUT2D eigenvalue weighted by atomic mass is 16.5. The van der Waals surface area contributed by atoms with Gasteiger partial charge in [-0.25, -0.2) is 4.79 Å². The van der Waals surface area contributed by atoms with Gasteiger partial charge < -0.3 is 19.9 Å². The summed E-state index contributed by atoms with van der Waals surface area (Å²) in [7, 11) is 1.60. The van der Waals surface area contributed by atoms with E-state index in [-0.39, 0.29) is 19.1 Å². The number of amides is 3. The minimum absolute atomic E-state index is 0.00913. The molecule has 0 radical (unpaired) electrons. The number of ether oxygens (including phenoxy) is 2. The van der Waals surface area contributed by atoms with Gasteiger partial charge in [-0.1, -0.05) is 55.8 Å². The number of nitrogens with zero attached hydrogens (tertiary/aromatic N) is 1. The zero-order chi connectivity index (χ0) is 21.6. The minimum atomic E-state index is -1.09. The van der Waals surface area contributed by atoms with Gasteiger partial charge in [0.05, 0.1) is 33.0 Å². The molecule has 7 nitrogen and oxygen atoms in total. The Morgan fingerprint density at radius 1 is 1.10 bits per heavy atom. The summed E-state index contributed by atoms with van der Waals surface area (Å²) in [5.74, 6) is 0.418. The lowest BCUT2D eigenvalue weighted by Gasteiger charge is -2.27. The summed E-state index contributed by atoms with van der Waals surface area (Å²) >= 11 is 0. The van der Waals surface area contributed by atoms with Crippen LogP contribution in [0.25, 0.3) is 0 Å². The van der Waals surface area contributed by atoms with Crippen LogP contribution in [0.4, 0.5) is 4.79 Å². The van der Waals surface area contributed by atoms with Crippen molar-refractivity contribution in [2.45, 2.75) is 38.0 Å². The summed E-state index contributed by atoms with van der Waals surface area (Å²) in [6.07, 6.45) is 0.232. The number of benzene rings is 2. The number of β-amino-alcohol motifs (C(OH)–C–C–N with tert-alkyl or cyclic N) is 1. The lowest BCUT2D eigenvalue weighted by molar-refractivity contribution is -0.133.